The van der Waals surface area contributed by atoms with Gasteiger partial charge in [-0.15, -0.1) is 0 Å². The zero-order chi connectivity index (χ0) is 16.4. The zero-order valence-corrected chi connectivity index (χ0v) is 14.3. The average Bonchev–Trinajstić information content (AvgIpc) is 3.05. The number of nitrogens with one attached hydrogen (secondary N) is 1. The lowest BCUT2D eigenvalue weighted by atomic mass is 10.1. The first-order chi connectivity index (χ1) is 11.8. The van der Waals surface area contributed by atoms with Gasteiger partial charge in [-0.3, -0.25) is 0 Å². The molecule has 7 heteroatoms. The number of piperidine rings is 1. The fourth-order valence-corrected chi connectivity index (χ4v) is 3.56. The van der Waals surface area contributed by atoms with E-state index in [1.807, 2.05) is 4.68 Å². The molecule has 0 radical (unpaired) electrons. The first-order valence-electron chi connectivity index (χ1n) is 9.08. The summed E-state index contributed by atoms with van der Waals surface area (Å²) in [5.41, 5.74) is 0. The highest BCUT2D eigenvalue weighted by Crippen LogP contribution is 2.21. The molecule has 0 saturated carbocycles. The van der Waals surface area contributed by atoms with Crippen molar-refractivity contribution in [2.45, 2.75) is 58.0 Å². The molecule has 1 atom stereocenters. The maximum absolute atomic E-state index is 4.58. The van der Waals surface area contributed by atoms with E-state index in [-0.39, 0.29) is 0 Å². The van der Waals surface area contributed by atoms with Crippen LogP contribution in [0.3, 0.4) is 0 Å². The summed E-state index contributed by atoms with van der Waals surface area (Å²) < 4.78 is 2.05. The first-order valence-corrected chi connectivity index (χ1v) is 9.08. The fraction of sp³-hybridized carbons (Fsp3) is 0.647. The van der Waals surface area contributed by atoms with Gasteiger partial charge >= 0.3 is 0 Å². The summed E-state index contributed by atoms with van der Waals surface area (Å²) in [6, 6.07) is 2.42. The monoisotopic (exact) mass is 327 g/mol. The standard InChI is InChI=1S/C17H25N7/c1-2-14-21-16-7-6-13(11-24(16)22-14)20-15-10-17(19-12-18-15)23-8-4-3-5-9-23/h10,12-13H,2-9,11H2,1H3,(H,18,19,20). The molecule has 4 heterocycles. The lowest BCUT2D eigenvalue weighted by Crippen LogP contribution is -2.33. The molecule has 0 bridgehead atoms. The summed E-state index contributed by atoms with van der Waals surface area (Å²) in [5, 5.41) is 8.14. The highest BCUT2D eigenvalue weighted by atomic mass is 15.4. The van der Waals surface area contributed by atoms with Crippen LogP contribution in [0.15, 0.2) is 12.4 Å². The van der Waals surface area contributed by atoms with Crippen LogP contribution in [-0.4, -0.2) is 43.9 Å². The Hall–Kier alpha value is -2.18. The molecule has 0 aromatic carbocycles. The number of nitrogens with zero attached hydrogens (tertiary/aromatic N) is 6. The van der Waals surface area contributed by atoms with Crippen LogP contribution in [0.5, 0.6) is 0 Å². The van der Waals surface area contributed by atoms with Crippen molar-refractivity contribution in [2.75, 3.05) is 23.3 Å². The third-order valence-electron chi connectivity index (χ3n) is 4.90. The third kappa shape index (κ3) is 3.20. The molecule has 1 saturated heterocycles. The van der Waals surface area contributed by atoms with Crippen molar-refractivity contribution < 1.29 is 0 Å². The molecule has 0 aliphatic carbocycles. The zero-order valence-electron chi connectivity index (χ0n) is 14.3. The van der Waals surface area contributed by atoms with E-state index in [0.29, 0.717) is 6.04 Å². The molecule has 0 spiro atoms. The summed E-state index contributed by atoms with van der Waals surface area (Å²) in [4.78, 5) is 15.8. The van der Waals surface area contributed by atoms with Crippen LogP contribution in [0.2, 0.25) is 0 Å². The van der Waals surface area contributed by atoms with Gasteiger partial charge in [-0.1, -0.05) is 6.92 Å². The summed E-state index contributed by atoms with van der Waals surface area (Å²) in [6.45, 7) is 5.15. The van der Waals surface area contributed by atoms with Crippen molar-refractivity contribution >= 4 is 11.6 Å². The van der Waals surface area contributed by atoms with Crippen molar-refractivity contribution in [3.63, 3.8) is 0 Å². The normalized spacial score (nSPS) is 20.7. The summed E-state index contributed by atoms with van der Waals surface area (Å²) >= 11 is 0. The van der Waals surface area contributed by atoms with E-state index in [4.69, 9.17) is 0 Å². The van der Waals surface area contributed by atoms with Gasteiger partial charge in [0.2, 0.25) is 0 Å². The smallest absolute Gasteiger partial charge is 0.150 e. The molecule has 1 N–H and O–H groups in total. The van der Waals surface area contributed by atoms with Gasteiger partial charge in [-0.2, -0.15) is 5.10 Å². The molecule has 7 nitrogen and oxygen atoms in total. The van der Waals surface area contributed by atoms with E-state index < -0.39 is 0 Å². The number of anilines is 2. The molecule has 2 aliphatic rings. The second kappa shape index (κ2) is 6.75. The van der Waals surface area contributed by atoms with Crippen LogP contribution >= 0.6 is 0 Å². The minimum atomic E-state index is 0.341. The van der Waals surface area contributed by atoms with Crippen LogP contribution in [0.25, 0.3) is 0 Å². The van der Waals surface area contributed by atoms with Crippen LogP contribution in [0.1, 0.15) is 44.3 Å². The number of aryl methyl sites for hydroxylation is 2. The summed E-state index contributed by atoms with van der Waals surface area (Å²) in [7, 11) is 0. The number of hydrogen-bond donors (Lipinski definition) is 1. The van der Waals surface area contributed by atoms with E-state index >= 15 is 0 Å². The van der Waals surface area contributed by atoms with E-state index in [2.05, 4.69) is 43.3 Å². The molecular formula is C17H25N7. The van der Waals surface area contributed by atoms with Crippen molar-refractivity contribution in [2.24, 2.45) is 0 Å². The molecule has 2 aliphatic heterocycles. The topological polar surface area (TPSA) is 71.8 Å². The highest BCUT2D eigenvalue weighted by molar-refractivity contribution is 5.49. The molecule has 2 aromatic rings. The Bertz CT molecular complexity index is 690. The largest absolute Gasteiger partial charge is 0.365 e. The molecule has 4 rings (SSSR count). The van der Waals surface area contributed by atoms with Gasteiger partial charge in [-0.25, -0.2) is 19.6 Å². The van der Waals surface area contributed by atoms with E-state index in [1.54, 1.807) is 6.33 Å². The second-order valence-electron chi connectivity index (χ2n) is 6.67. The van der Waals surface area contributed by atoms with Crippen molar-refractivity contribution in [1.82, 2.24) is 24.7 Å². The van der Waals surface area contributed by atoms with Gasteiger partial charge in [-0.05, 0) is 25.7 Å². The molecule has 128 valence electrons. The minimum Gasteiger partial charge on any atom is -0.365 e. The number of hydrogen-bond acceptors (Lipinski definition) is 6. The Kier molecular flexibility index (Phi) is 4.32. The van der Waals surface area contributed by atoms with Gasteiger partial charge in [0.25, 0.3) is 0 Å². The van der Waals surface area contributed by atoms with Gasteiger partial charge < -0.3 is 10.2 Å². The first kappa shape index (κ1) is 15.4. The number of rotatable bonds is 4. The Morgan fingerprint density at radius 1 is 1.21 bits per heavy atom. The van der Waals surface area contributed by atoms with E-state index in [9.17, 15) is 0 Å². The van der Waals surface area contributed by atoms with Crippen molar-refractivity contribution in [1.29, 1.82) is 0 Å². The minimum absolute atomic E-state index is 0.341. The third-order valence-corrected chi connectivity index (χ3v) is 4.90. The van der Waals surface area contributed by atoms with Crippen molar-refractivity contribution in [3.05, 3.63) is 24.0 Å². The number of fused-ring (bicyclic) bond motifs is 1. The molecule has 2 aromatic heterocycles. The highest BCUT2D eigenvalue weighted by Gasteiger charge is 2.22. The fourth-order valence-electron chi connectivity index (χ4n) is 3.56. The maximum Gasteiger partial charge on any atom is 0.150 e. The van der Waals surface area contributed by atoms with E-state index in [0.717, 1.165) is 62.2 Å². The Labute approximate surface area is 142 Å². The molecule has 24 heavy (non-hydrogen) atoms. The molecule has 0 amide bonds. The molecule has 1 fully saturated rings. The number of aromatic nitrogens is 5. The Balaban J connectivity index is 1.44. The summed E-state index contributed by atoms with van der Waals surface area (Å²) in [5.74, 6) is 4.01. The van der Waals surface area contributed by atoms with Crippen molar-refractivity contribution in [3.8, 4) is 0 Å². The average molecular weight is 327 g/mol. The lowest BCUT2D eigenvalue weighted by molar-refractivity contribution is 0.439. The van der Waals surface area contributed by atoms with Gasteiger partial charge in [0, 0.05) is 38.0 Å². The predicted octanol–water partition coefficient (Wildman–Crippen LogP) is 2.05. The van der Waals surface area contributed by atoms with Crippen LogP contribution < -0.4 is 10.2 Å². The molecular weight excluding hydrogens is 302 g/mol. The van der Waals surface area contributed by atoms with Gasteiger partial charge in [0.1, 0.15) is 23.8 Å². The SMILES string of the molecule is CCc1nc2n(n1)CC(Nc1cc(N3CCCCC3)ncn1)CC2. The Morgan fingerprint density at radius 3 is 2.92 bits per heavy atom. The van der Waals surface area contributed by atoms with E-state index in [1.165, 1.54) is 19.3 Å². The van der Waals surface area contributed by atoms with Crippen LogP contribution in [-0.2, 0) is 19.4 Å². The van der Waals surface area contributed by atoms with Crippen LogP contribution in [0.4, 0.5) is 11.6 Å². The van der Waals surface area contributed by atoms with Gasteiger partial charge in [0.05, 0.1) is 6.54 Å². The molecule has 1 unspecified atom stereocenters. The van der Waals surface area contributed by atoms with Gasteiger partial charge in [0.15, 0.2) is 5.82 Å². The van der Waals surface area contributed by atoms with Crippen LogP contribution in [0, 0.1) is 0 Å². The maximum atomic E-state index is 4.58. The Morgan fingerprint density at radius 2 is 2.08 bits per heavy atom. The second-order valence-corrected chi connectivity index (χ2v) is 6.67. The lowest BCUT2D eigenvalue weighted by Gasteiger charge is -2.28. The predicted molar refractivity (Wildman–Crippen MR) is 93.2 cm³/mol. The quantitative estimate of drug-likeness (QED) is 0.926. The summed E-state index contributed by atoms with van der Waals surface area (Å²) in [6.07, 6.45) is 8.43.